The zero-order valence-corrected chi connectivity index (χ0v) is 20.7. The zero-order chi connectivity index (χ0) is 24.3. The number of hydrogen-bond donors (Lipinski definition) is 1. The van der Waals surface area contributed by atoms with Crippen molar-refractivity contribution in [2.24, 2.45) is 0 Å². The van der Waals surface area contributed by atoms with E-state index in [0.29, 0.717) is 44.1 Å². The summed E-state index contributed by atoms with van der Waals surface area (Å²) in [4.78, 5) is 28.1. The number of hydrogen-bond acceptors (Lipinski definition) is 4. The fourth-order valence-corrected chi connectivity index (χ4v) is 4.40. The Morgan fingerprint density at radius 2 is 1.65 bits per heavy atom. The van der Waals surface area contributed by atoms with Crippen molar-refractivity contribution in [3.8, 4) is 11.5 Å². The van der Waals surface area contributed by atoms with Crippen LogP contribution in [0, 0.1) is 0 Å². The van der Waals surface area contributed by atoms with E-state index in [-0.39, 0.29) is 17.9 Å². The molecule has 2 aromatic rings. The van der Waals surface area contributed by atoms with Gasteiger partial charge in [0.1, 0.15) is 6.04 Å². The van der Waals surface area contributed by atoms with E-state index in [1.54, 1.807) is 4.90 Å². The Kier molecular flexibility index (Phi) is 9.80. The van der Waals surface area contributed by atoms with Gasteiger partial charge < -0.3 is 19.7 Å². The molecule has 3 rings (SSSR count). The molecular weight excluding hydrogens is 428 g/mol. The van der Waals surface area contributed by atoms with Crippen LogP contribution in [0.4, 0.5) is 0 Å². The lowest BCUT2D eigenvalue weighted by molar-refractivity contribution is -0.140. The number of rotatable bonds is 12. The van der Waals surface area contributed by atoms with Gasteiger partial charge in [-0.3, -0.25) is 9.59 Å². The lowest BCUT2D eigenvalue weighted by Crippen LogP contribution is -2.49. The molecule has 0 bridgehead atoms. The zero-order valence-electron chi connectivity index (χ0n) is 20.7. The fraction of sp³-hybridized carbons (Fsp3) is 0.500. The summed E-state index contributed by atoms with van der Waals surface area (Å²) in [7, 11) is 0. The number of carbonyl (C=O) groups is 2. The molecule has 1 aliphatic carbocycles. The summed E-state index contributed by atoms with van der Waals surface area (Å²) in [5.74, 6) is 1.29. The van der Waals surface area contributed by atoms with E-state index in [4.69, 9.17) is 9.47 Å². The molecule has 0 spiro atoms. The summed E-state index contributed by atoms with van der Waals surface area (Å²) >= 11 is 0. The molecule has 1 fully saturated rings. The van der Waals surface area contributed by atoms with Crippen molar-refractivity contribution in [3.05, 3.63) is 59.7 Å². The molecule has 0 aliphatic heterocycles. The van der Waals surface area contributed by atoms with Crippen molar-refractivity contribution in [1.82, 2.24) is 10.2 Å². The van der Waals surface area contributed by atoms with Gasteiger partial charge in [0, 0.05) is 19.0 Å². The van der Waals surface area contributed by atoms with Crippen LogP contribution >= 0.6 is 0 Å². The van der Waals surface area contributed by atoms with Crippen LogP contribution in [0.5, 0.6) is 11.5 Å². The predicted octanol–water partition coefficient (Wildman–Crippen LogP) is 4.89. The highest BCUT2D eigenvalue weighted by molar-refractivity contribution is 5.87. The maximum Gasteiger partial charge on any atom is 0.242 e. The Morgan fingerprint density at radius 1 is 0.971 bits per heavy atom. The van der Waals surface area contributed by atoms with Gasteiger partial charge in [-0.25, -0.2) is 0 Å². The molecule has 2 amide bonds. The van der Waals surface area contributed by atoms with Crippen LogP contribution in [0.2, 0.25) is 0 Å². The fourth-order valence-electron chi connectivity index (χ4n) is 4.40. The van der Waals surface area contributed by atoms with Crippen LogP contribution in [-0.4, -0.2) is 42.0 Å². The standard InChI is InChI=1S/C28H38N2O4/c1-4-33-25-17-15-22(19-26(25)34-5-2)16-18-27(31)30(20-23-11-7-6-8-12-23)21(3)28(32)29-24-13-9-10-14-24/h6-8,11-12,15,17,19,21,24H,4-5,9-10,13-14,16,18,20H2,1-3H3,(H,29,32)/t21-/m0/s1. The third-order valence-electron chi connectivity index (χ3n) is 6.30. The molecule has 34 heavy (non-hydrogen) atoms. The molecule has 1 aliphatic rings. The number of aryl methyl sites for hydroxylation is 1. The van der Waals surface area contributed by atoms with Crippen LogP contribution in [0.3, 0.4) is 0 Å². The summed E-state index contributed by atoms with van der Waals surface area (Å²) in [6, 6.07) is 15.3. The average Bonchev–Trinajstić information content (AvgIpc) is 3.36. The molecule has 2 aromatic carbocycles. The molecule has 0 radical (unpaired) electrons. The molecule has 6 heteroatoms. The van der Waals surface area contributed by atoms with Gasteiger partial charge in [-0.2, -0.15) is 0 Å². The van der Waals surface area contributed by atoms with Gasteiger partial charge in [0.15, 0.2) is 11.5 Å². The lowest BCUT2D eigenvalue weighted by atomic mass is 10.1. The van der Waals surface area contributed by atoms with Crippen LogP contribution in [0.25, 0.3) is 0 Å². The number of amides is 2. The molecule has 1 atom stereocenters. The molecule has 0 unspecified atom stereocenters. The summed E-state index contributed by atoms with van der Waals surface area (Å²) in [6.45, 7) is 7.22. The van der Waals surface area contributed by atoms with Crippen LogP contribution in [0.15, 0.2) is 48.5 Å². The minimum absolute atomic E-state index is 0.0373. The number of nitrogens with zero attached hydrogens (tertiary/aromatic N) is 1. The highest BCUT2D eigenvalue weighted by atomic mass is 16.5. The van der Waals surface area contributed by atoms with Gasteiger partial charge in [-0.15, -0.1) is 0 Å². The molecule has 0 saturated heterocycles. The van der Waals surface area contributed by atoms with Gasteiger partial charge in [-0.1, -0.05) is 49.2 Å². The van der Waals surface area contributed by atoms with E-state index in [2.05, 4.69) is 5.32 Å². The van der Waals surface area contributed by atoms with Crippen LogP contribution in [-0.2, 0) is 22.6 Å². The Bertz CT molecular complexity index is 925. The normalized spacial score (nSPS) is 14.4. The predicted molar refractivity (Wildman–Crippen MR) is 134 cm³/mol. The number of carbonyl (C=O) groups excluding carboxylic acids is 2. The molecule has 1 N–H and O–H groups in total. The summed E-state index contributed by atoms with van der Waals surface area (Å²) in [6.07, 6.45) is 5.21. The van der Waals surface area contributed by atoms with Crippen molar-refractivity contribution < 1.29 is 19.1 Å². The molecule has 1 saturated carbocycles. The monoisotopic (exact) mass is 466 g/mol. The first-order chi connectivity index (χ1) is 16.5. The molecular formula is C28H38N2O4. The van der Waals surface area contributed by atoms with E-state index in [1.165, 1.54) is 0 Å². The van der Waals surface area contributed by atoms with E-state index >= 15 is 0 Å². The SMILES string of the molecule is CCOc1ccc(CCC(=O)N(Cc2ccccc2)[C@@H](C)C(=O)NC2CCCC2)cc1OCC. The smallest absolute Gasteiger partial charge is 0.242 e. The third-order valence-corrected chi connectivity index (χ3v) is 6.30. The van der Waals surface area contributed by atoms with E-state index in [9.17, 15) is 9.59 Å². The van der Waals surface area contributed by atoms with Gasteiger partial charge >= 0.3 is 0 Å². The highest BCUT2D eigenvalue weighted by Crippen LogP contribution is 2.29. The van der Waals surface area contributed by atoms with Crippen molar-refractivity contribution in [2.45, 2.75) is 77.9 Å². The highest BCUT2D eigenvalue weighted by Gasteiger charge is 2.28. The second-order valence-electron chi connectivity index (χ2n) is 8.82. The first-order valence-electron chi connectivity index (χ1n) is 12.5. The van der Waals surface area contributed by atoms with Crippen molar-refractivity contribution >= 4 is 11.8 Å². The molecule has 0 aromatic heterocycles. The number of ether oxygens (including phenoxy) is 2. The Morgan fingerprint density at radius 3 is 2.32 bits per heavy atom. The first-order valence-corrected chi connectivity index (χ1v) is 12.5. The first kappa shape index (κ1) is 25.6. The van der Waals surface area contributed by atoms with Crippen molar-refractivity contribution in [2.75, 3.05) is 13.2 Å². The second kappa shape index (κ2) is 13.0. The van der Waals surface area contributed by atoms with Crippen LogP contribution < -0.4 is 14.8 Å². The van der Waals surface area contributed by atoms with Crippen molar-refractivity contribution in [1.29, 1.82) is 0 Å². The van der Waals surface area contributed by atoms with E-state index in [0.717, 1.165) is 36.8 Å². The maximum atomic E-state index is 13.4. The Hall–Kier alpha value is -3.02. The van der Waals surface area contributed by atoms with Gasteiger partial charge in [0.25, 0.3) is 0 Å². The lowest BCUT2D eigenvalue weighted by Gasteiger charge is -2.30. The third kappa shape index (κ3) is 7.24. The minimum atomic E-state index is -0.535. The van der Waals surface area contributed by atoms with Crippen molar-refractivity contribution in [3.63, 3.8) is 0 Å². The number of benzene rings is 2. The Balaban J connectivity index is 1.70. The summed E-state index contributed by atoms with van der Waals surface area (Å²) in [5, 5.41) is 3.15. The topological polar surface area (TPSA) is 67.9 Å². The van der Waals surface area contributed by atoms with Gasteiger partial charge in [0.2, 0.25) is 11.8 Å². The second-order valence-corrected chi connectivity index (χ2v) is 8.82. The minimum Gasteiger partial charge on any atom is -0.490 e. The Labute approximate surface area is 203 Å². The summed E-state index contributed by atoms with van der Waals surface area (Å²) in [5.41, 5.74) is 2.01. The van der Waals surface area contributed by atoms with Gasteiger partial charge in [0.05, 0.1) is 13.2 Å². The molecule has 184 valence electrons. The maximum absolute atomic E-state index is 13.4. The molecule has 6 nitrogen and oxygen atoms in total. The van der Waals surface area contributed by atoms with Crippen LogP contribution in [0.1, 0.15) is 64.0 Å². The average molecular weight is 467 g/mol. The number of nitrogens with one attached hydrogen (secondary N) is 1. The van der Waals surface area contributed by atoms with E-state index in [1.807, 2.05) is 69.3 Å². The van der Waals surface area contributed by atoms with Gasteiger partial charge in [-0.05, 0) is 63.3 Å². The van der Waals surface area contributed by atoms with E-state index < -0.39 is 6.04 Å². The summed E-state index contributed by atoms with van der Waals surface area (Å²) < 4.78 is 11.4. The largest absolute Gasteiger partial charge is 0.490 e. The quantitative estimate of drug-likeness (QED) is 0.483. The molecule has 0 heterocycles.